The first-order chi connectivity index (χ1) is 10.1. The number of likely N-dealkylation sites (tertiary alicyclic amines) is 1. The molecule has 1 nitrogen and oxygen atoms in total. The van der Waals surface area contributed by atoms with Gasteiger partial charge in [0.2, 0.25) is 0 Å². The maximum atomic E-state index is 2.67. The minimum absolute atomic E-state index is 0.740. The molecule has 0 saturated carbocycles. The summed E-state index contributed by atoms with van der Waals surface area (Å²) in [5, 5.41) is 0. The molecule has 1 fully saturated rings. The summed E-state index contributed by atoms with van der Waals surface area (Å²) in [6, 6.07) is 0.740. The Morgan fingerprint density at radius 2 is 1.67 bits per heavy atom. The van der Waals surface area contributed by atoms with E-state index in [-0.39, 0.29) is 0 Å². The fraction of sp³-hybridized carbons (Fsp3) is 0.900. The second-order valence-corrected chi connectivity index (χ2v) is 8.14. The number of hydrogen-bond donors (Lipinski definition) is 0. The van der Waals surface area contributed by atoms with Crippen LogP contribution in [0.3, 0.4) is 0 Å². The van der Waals surface area contributed by atoms with E-state index in [1.54, 1.807) is 5.57 Å². The van der Waals surface area contributed by atoms with Crippen molar-refractivity contribution in [2.24, 2.45) is 17.8 Å². The molecule has 0 N–H and O–H groups in total. The van der Waals surface area contributed by atoms with Gasteiger partial charge in [-0.1, -0.05) is 25.5 Å². The molecule has 0 aromatic heterocycles. The Morgan fingerprint density at radius 1 is 1.00 bits per heavy atom. The first-order valence-electron chi connectivity index (χ1n) is 9.48. The van der Waals surface area contributed by atoms with E-state index in [1.807, 2.05) is 0 Å². The van der Waals surface area contributed by atoms with E-state index in [9.17, 15) is 0 Å². The lowest BCUT2D eigenvalue weighted by Gasteiger charge is -2.38. The van der Waals surface area contributed by atoms with Gasteiger partial charge in [-0.25, -0.2) is 0 Å². The van der Waals surface area contributed by atoms with Gasteiger partial charge in [0.25, 0.3) is 0 Å². The molecule has 0 aromatic carbocycles. The molecule has 1 unspecified atom stereocenters. The fourth-order valence-corrected chi connectivity index (χ4v) is 4.20. The number of hydrogen-bond acceptors (Lipinski definition) is 1. The molecule has 1 heterocycles. The van der Waals surface area contributed by atoms with E-state index in [1.165, 1.54) is 64.5 Å². The number of allylic oxidation sites excluding steroid dienone is 2. The Labute approximate surface area is 133 Å². The van der Waals surface area contributed by atoms with Crippen LogP contribution in [0.2, 0.25) is 0 Å². The van der Waals surface area contributed by atoms with Crippen LogP contribution in [0.25, 0.3) is 0 Å². The maximum absolute atomic E-state index is 2.67. The van der Waals surface area contributed by atoms with Gasteiger partial charge in [0.1, 0.15) is 0 Å². The van der Waals surface area contributed by atoms with Gasteiger partial charge in [0.05, 0.1) is 0 Å². The SMILES string of the molecule is CC(C)CCC1=CCCC(C2CCN(C(C)C)CC2)CC1. The Hall–Kier alpha value is -0.300. The van der Waals surface area contributed by atoms with E-state index in [4.69, 9.17) is 0 Å². The van der Waals surface area contributed by atoms with Crippen LogP contribution in [-0.4, -0.2) is 24.0 Å². The van der Waals surface area contributed by atoms with Crippen molar-refractivity contribution in [2.75, 3.05) is 13.1 Å². The van der Waals surface area contributed by atoms with E-state index >= 15 is 0 Å². The van der Waals surface area contributed by atoms with E-state index in [0.717, 1.165) is 23.8 Å². The zero-order valence-electron chi connectivity index (χ0n) is 14.9. The highest BCUT2D eigenvalue weighted by Gasteiger charge is 2.27. The predicted molar refractivity (Wildman–Crippen MR) is 93.5 cm³/mol. The predicted octanol–water partition coefficient (Wildman–Crippen LogP) is 5.66. The third kappa shape index (κ3) is 5.43. The molecule has 0 aromatic rings. The van der Waals surface area contributed by atoms with Crippen LogP contribution in [0.1, 0.15) is 79.1 Å². The van der Waals surface area contributed by atoms with Crippen LogP contribution in [0.5, 0.6) is 0 Å². The highest BCUT2D eigenvalue weighted by molar-refractivity contribution is 5.05. The van der Waals surface area contributed by atoms with Crippen LogP contribution in [-0.2, 0) is 0 Å². The quantitative estimate of drug-likeness (QED) is 0.591. The summed E-state index contributed by atoms with van der Waals surface area (Å²) in [6.07, 6.45) is 13.9. The molecule has 122 valence electrons. The third-order valence-corrected chi connectivity index (χ3v) is 5.82. The summed E-state index contributed by atoms with van der Waals surface area (Å²) in [4.78, 5) is 2.67. The molecule has 1 heteroatoms. The van der Waals surface area contributed by atoms with Crippen molar-refractivity contribution in [3.05, 3.63) is 11.6 Å². The van der Waals surface area contributed by atoms with Crippen LogP contribution < -0.4 is 0 Å². The van der Waals surface area contributed by atoms with Crippen LogP contribution >= 0.6 is 0 Å². The normalized spacial score (nSPS) is 26.2. The molecule has 1 saturated heterocycles. The molecule has 0 radical (unpaired) electrons. The summed E-state index contributed by atoms with van der Waals surface area (Å²) in [6.45, 7) is 12.1. The van der Waals surface area contributed by atoms with Crippen molar-refractivity contribution in [1.82, 2.24) is 4.90 Å². The van der Waals surface area contributed by atoms with Gasteiger partial charge in [-0.2, -0.15) is 0 Å². The smallest absolute Gasteiger partial charge is 0.00385 e. The molecule has 0 bridgehead atoms. The molecular formula is C20H37N. The average molecular weight is 292 g/mol. The second-order valence-electron chi connectivity index (χ2n) is 8.14. The lowest BCUT2D eigenvalue weighted by molar-refractivity contribution is 0.115. The molecule has 1 atom stereocenters. The Balaban J connectivity index is 1.75. The lowest BCUT2D eigenvalue weighted by Crippen LogP contribution is -2.40. The molecule has 1 aliphatic carbocycles. The first kappa shape index (κ1) is 17.1. The van der Waals surface area contributed by atoms with Crippen molar-refractivity contribution in [3.8, 4) is 0 Å². The molecular weight excluding hydrogens is 254 g/mol. The van der Waals surface area contributed by atoms with Gasteiger partial charge in [0.15, 0.2) is 0 Å². The van der Waals surface area contributed by atoms with Crippen LogP contribution in [0.4, 0.5) is 0 Å². The first-order valence-corrected chi connectivity index (χ1v) is 9.48. The Bertz CT molecular complexity index is 321. The van der Waals surface area contributed by atoms with E-state index < -0.39 is 0 Å². The maximum Gasteiger partial charge on any atom is 0.00385 e. The highest BCUT2D eigenvalue weighted by atomic mass is 15.1. The van der Waals surface area contributed by atoms with E-state index in [0.29, 0.717) is 0 Å². The van der Waals surface area contributed by atoms with Crippen LogP contribution in [0.15, 0.2) is 11.6 Å². The van der Waals surface area contributed by atoms with Crippen molar-refractivity contribution < 1.29 is 0 Å². The molecule has 0 spiro atoms. The minimum atomic E-state index is 0.740. The Kier molecular flexibility index (Phi) is 6.79. The molecule has 0 amide bonds. The monoisotopic (exact) mass is 291 g/mol. The van der Waals surface area contributed by atoms with Gasteiger partial charge in [-0.15, -0.1) is 0 Å². The largest absolute Gasteiger partial charge is 0.301 e. The van der Waals surface area contributed by atoms with Crippen molar-refractivity contribution in [1.29, 1.82) is 0 Å². The highest BCUT2D eigenvalue weighted by Crippen LogP contribution is 2.36. The van der Waals surface area contributed by atoms with E-state index in [2.05, 4.69) is 38.7 Å². The molecule has 2 rings (SSSR count). The molecule has 2 aliphatic rings. The fourth-order valence-electron chi connectivity index (χ4n) is 4.20. The zero-order valence-corrected chi connectivity index (χ0v) is 14.9. The van der Waals surface area contributed by atoms with Crippen molar-refractivity contribution in [3.63, 3.8) is 0 Å². The van der Waals surface area contributed by atoms with Gasteiger partial charge < -0.3 is 4.90 Å². The second kappa shape index (κ2) is 8.36. The summed E-state index contributed by atoms with van der Waals surface area (Å²) in [5.74, 6) is 2.87. The summed E-state index contributed by atoms with van der Waals surface area (Å²) >= 11 is 0. The lowest BCUT2D eigenvalue weighted by atomic mass is 9.79. The van der Waals surface area contributed by atoms with Gasteiger partial charge in [0, 0.05) is 6.04 Å². The number of piperidine rings is 1. The van der Waals surface area contributed by atoms with Gasteiger partial charge in [-0.3, -0.25) is 0 Å². The average Bonchev–Trinajstić information content (AvgIpc) is 2.70. The molecule has 1 aliphatic heterocycles. The third-order valence-electron chi connectivity index (χ3n) is 5.82. The zero-order chi connectivity index (χ0) is 15.2. The minimum Gasteiger partial charge on any atom is -0.301 e. The Morgan fingerprint density at radius 3 is 2.29 bits per heavy atom. The van der Waals surface area contributed by atoms with Crippen molar-refractivity contribution in [2.45, 2.75) is 85.1 Å². The van der Waals surface area contributed by atoms with Crippen molar-refractivity contribution >= 4 is 0 Å². The summed E-state index contributed by atoms with van der Waals surface area (Å²) in [5.41, 5.74) is 1.77. The standard InChI is InChI=1S/C20H37N/c1-16(2)8-9-18-6-5-7-19(11-10-18)20-12-14-21(15-13-20)17(3)4/h6,16-17,19-20H,5,7-15H2,1-4H3. The molecule has 21 heavy (non-hydrogen) atoms. The summed E-state index contributed by atoms with van der Waals surface area (Å²) in [7, 11) is 0. The number of rotatable bonds is 5. The number of nitrogens with zero attached hydrogens (tertiary/aromatic N) is 1. The topological polar surface area (TPSA) is 3.24 Å². The summed E-state index contributed by atoms with van der Waals surface area (Å²) < 4.78 is 0. The van der Waals surface area contributed by atoms with Gasteiger partial charge >= 0.3 is 0 Å². The van der Waals surface area contributed by atoms with Crippen LogP contribution in [0, 0.1) is 17.8 Å². The van der Waals surface area contributed by atoms with Gasteiger partial charge in [-0.05, 0) is 96.1 Å².